The minimum Gasteiger partial charge on any atom is -0.491 e. The van der Waals surface area contributed by atoms with Crippen molar-refractivity contribution in [3.8, 4) is 22.6 Å². The molecule has 268 valence electrons. The molecular formula is C42H36O9P2. The summed E-state index contributed by atoms with van der Waals surface area (Å²) < 4.78 is 54.8. The van der Waals surface area contributed by atoms with Crippen molar-refractivity contribution >= 4 is 60.4 Å². The van der Waals surface area contributed by atoms with Crippen LogP contribution >= 0.6 is 16.5 Å². The molecule has 0 aliphatic heterocycles. The Labute approximate surface area is 307 Å². The van der Waals surface area contributed by atoms with Gasteiger partial charge in [0.05, 0.1) is 33.0 Å². The van der Waals surface area contributed by atoms with Gasteiger partial charge >= 0.3 is 16.5 Å². The molecule has 0 atom stereocenters. The van der Waals surface area contributed by atoms with E-state index >= 15 is 0 Å². The SMILES string of the molecule is c1ccc(-c2ccccc2Op2oc3ccccc3c3ccccc3o2)c(OCCOCCOCCOp2oc3ccccc3c3ccccc3o2)c1. The van der Waals surface area contributed by atoms with E-state index in [1.165, 1.54) is 0 Å². The highest BCUT2D eigenvalue weighted by atomic mass is 31.1. The number of hydrogen-bond donors (Lipinski definition) is 0. The lowest BCUT2D eigenvalue weighted by molar-refractivity contribution is 0.0305. The summed E-state index contributed by atoms with van der Waals surface area (Å²) in [5.74, 6) is 1.33. The van der Waals surface area contributed by atoms with Gasteiger partial charge in [-0.25, -0.2) is 0 Å². The zero-order valence-corrected chi connectivity index (χ0v) is 30.5. The Morgan fingerprint density at radius 1 is 0.358 bits per heavy atom. The van der Waals surface area contributed by atoms with Crippen LogP contribution in [-0.4, -0.2) is 39.6 Å². The summed E-state index contributed by atoms with van der Waals surface area (Å²) in [7, 11) is -3.42. The van der Waals surface area contributed by atoms with E-state index in [4.69, 9.17) is 40.0 Å². The normalized spacial score (nSPS) is 11.3. The average Bonchev–Trinajstić information content (AvgIpc) is 3.46. The quantitative estimate of drug-likeness (QED) is 0.101. The van der Waals surface area contributed by atoms with Gasteiger partial charge in [0.25, 0.3) is 0 Å². The van der Waals surface area contributed by atoms with Gasteiger partial charge in [0.15, 0.2) is 0 Å². The number of benzene rings is 6. The Hall–Kier alpha value is -5.40. The Kier molecular flexibility index (Phi) is 11.1. The molecule has 6 aromatic carbocycles. The molecular weight excluding hydrogens is 710 g/mol. The Bertz CT molecular complexity index is 2430. The average molecular weight is 747 g/mol. The van der Waals surface area contributed by atoms with E-state index < -0.39 is 16.5 Å². The van der Waals surface area contributed by atoms with Gasteiger partial charge in [-0.2, -0.15) is 0 Å². The first-order valence-electron chi connectivity index (χ1n) is 17.3. The Morgan fingerprint density at radius 2 is 0.736 bits per heavy atom. The van der Waals surface area contributed by atoms with Crippen LogP contribution in [0.25, 0.3) is 55.0 Å². The van der Waals surface area contributed by atoms with Crippen molar-refractivity contribution in [2.45, 2.75) is 0 Å². The molecule has 8 rings (SSSR count). The zero-order valence-electron chi connectivity index (χ0n) is 28.7. The number of rotatable bonds is 14. The van der Waals surface area contributed by atoms with Gasteiger partial charge in [-0.1, -0.05) is 109 Å². The summed E-state index contributed by atoms with van der Waals surface area (Å²) in [5.41, 5.74) is 4.63. The predicted octanol–water partition coefficient (Wildman–Crippen LogP) is 11.9. The van der Waals surface area contributed by atoms with Crippen molar-refractivity contribution in [1.29, 1.82) is 0 Å². The molecule has 0 N–H and O–H groups in total. The van der Waals surface area contributed by atoms with Gasteiger partial charge in [-0.3, -0.25) is 4.52 Å². The lowest BCUT2D eigenvalue weighted by Gasteiger charge is -2.14. The van der Waals surface area contributed by atoms with Crippen LogP contribution in [0.5, 0.6) is 11.5 Å². The van der Waals surface area contributed by atoms with E-state index in [1.807, 2.05) is 146 Å². The van der Waals surface area contributed by atoms with E-state index in [0.29, 0.717) is 62.3 Å². The fourth-order valence-electron chi connectivity index (χ4n) is 5.89. The first kappa shape index (κ1) is 34.7. The molecule has 0 aliphatic carbocycles. The standard InChI is InChI=1S/C42H36O9P2/c1-7-19-37(45-29-27-43-25-26-44-28-30-46-52-47-38-20-8-3-15-33(38)34-16-4-9-21-39(34)48-52)31(13-1)32-14-2-10-22-40(32)49-53-50-41-23-11-5-17-35(41)36-18-6-12-24-42(36)51-53/h1-24H,25-30H2. The van der Waals surface area contributed by atoms with Crippen molar-refractivity contribution in [1.82, 2.24) is 0 Å². The van der Waals surface area contributed by atoms with Crippen LogP contribution in [0, 0.1) is 0 Å². The molecule has 2 heterocycles. The third-order valence-corrected chi connectivity index (χ3v) is 10.5. The molecule has 0 aliphatic rings. The van der Waals surface area contributed by atoms with Gasteiger partial charge in [0.1, 0.15) is 40.4 Å². The summed E-state index contributed by atoms with van der Waals surface area (Å²) in [6.45, 7) is 2.28. The van der Waals surface area contributed by atoms with Crippen LogP contribution in [0.2, 0.25) is 0 Å². The van der Waals surface area contributed by atoms with Gasteiger partial charge in [-0.15, -0.1) is 0 Å². The first-order chi connectivity index (χ1) is 26.3. The third kappa shape index (κ3) is 8.31. The Morgan fingerprint density at radius 3 is 1.26 bits per heavy atom. The van der Waals surface area contributed by atoms with Crippen molar-refractivity contribution in [2.24, 2.45) is 0 Å². The molecule has 8 aromatic rings. The molecule has 9 nitrogen and oxygen atoms in total. The van der Waals surface area contributed by atoms with Crippen molar-refractivity contribution in [3.63, 3.8) is 0 Å². The molecule has 0 saturated heterocycles. The number of ether oxygens (including phenoxy) is 3. The molecule has 0 fully saturated rings. The highest BCUT2D eigenvalue weighted by Crippen LogP contribution is 2.42. The molecule has 0 spiro atoms. The van der Waals surface area contributed by atoms with E-state index in [2.05, 4.69) is 0 Å². The molecule has 53 heavy (non-hydrogen) atoms. The topological polar surface area (TPSA) is 98.7 Å². The van der Waals surface area contributed by atoms with Crippen LogP contribution in [0.1, 0.15) is 0 Å². The number of para-hydroxylation sites is 6. The summed E-state index contributed by atoms with van der Waals surface area (Å²) >= 11 is 0. The maximum absolute atomic E-state index is 6.46. The van der Waals surface area contributed by atoms with E-state index in [1.54, 1.807) is 0 Å². The highest BCUT2D eigenvalue weighted by molar-refractivity contribution is 7.32. The Balaban J connectivity index is 0.843. The van der Waals surface area contributed by atoms with Crippen molar-refractivity contribution in [2.75, 3.05) is 39.6 Å². The maximum Gasteiger partial charge on any atom is 0.453 e. The monoisotopic (exact) mass is 746 g/mol. The van der Waals surface area contributed by atoms with Gasteiger partial charge in [0.2, 0.25) is 0 Å². The minimum atomic E-state index is -1.80. The lowest BCUT2D eigenvalue weighted by Crippen LogP contribution is -2.13. The lowest BCUT2D eigenvalue weighted by atomic mass is 10.0. The van der Waals surface area contributed by atoms with Crippen molar-refractivity contribution in [3.05, 3.63) is 146 Å². The molecule has 11 heteroatoms. The van der Waals surface area contributed by atoms with Crippen LogP contribution in [0.3, 0.4) is 0 Å². The van der Waals surface area contributed by atoms with Gasteiger partial charge < -0.3 is 35.5 Å². The summed E-state index contributed by atoms with van der Waals surface area (Å²) in [5, 5.41) is 3.87. The van der Waals surface area contributed by atoms with E-state index in [0.717, 1.165) is 43.8 Å². The van der Waals surface area contributed by atoms with Crippen LogP contribution < -0.4 is 13.8 Å². The smallest absolute Gasteiger partial charge is 0.453 e. The van der Waals surface area contributed by atoms with Crippen LogP contribution in [-0.2, 0) is 9.47 Å². The molecule has 0 saturated carbocycles. The van der Waals surface area contributed by atoms with E-state index in [-0.39, 0.29) is 0 Å². The van der Waals surface area contributed by atoms with Gasteiger partial charge in [-0.05, 0) is 36.4 Å². The second-order valence-corrected chi connectivity index (χ2v) is 13.9. The molecule has 0 amide bonds. The highest BCUT2D eigenvalue weighted by Gasteiger charge is 2.15. The molecule has 0 unspecified atom stereocenters. The summed E-state index contributed by atoms with van der Waals surface area (Å²) in [6.07, 6.45) is 0. The second kappa shape index (κ2) is 17.0. The van der Waals surface area contributed by atoms with Crippen LogP contribution in [0.15, 0.2) is 162 Å². The largest absolute Gasteiger partial charge is 0.491 e. The fourth-order valence-corrected chi connectivity index (χ4v) is 7.97. The van der Waals surface area contributed by atoms with Crippen LogP contribution in [0.4, 0.5) is 0 Å². The van der Waals surface area contributed by atoms with Gasteiger partial charge in [0, 0.05) is 32.7 Å². The van der Waals surface area contributed by atoms with Crippen molar-refractivity contribution < 1.29 is 40.0 Å². The second-order valence-electron chi connectivity index (χ2n) is 11.8. The summed E-state index contributed by atoms with van der Waals surface area (Å²) in [4.78, 5) is 0. The number of fused-ring (bicyclic) bond motifs is 6. The number of hydrogen-bond acceptors (Lipinski definition) is 9. The molecule has 0 radical (unpaired) electrons. The maximum atomic E-state index is 6.46. The zero-order chi connectivity index (χ0) is 35.7. The summed E-state index contributed by atoms with van der Waals surface area (Å²) in [6, 6.07) is 47.1. The molecule has 0 bridgehead atoms. The third-order valence-electron chi connectivity index (χ3n) is 8.34. The molecule has 2 aromatic heterocycles. The van der Waals surface area contributed by atoms with E-state index in [9.17, 15) is 0 Å². The fraction of sp³-hybridized carbons (Fsp3) is 0.143. The minimum absolute atomic E-state index is 0.321. The predicted molar refractivity (Wildman–Crippen MR) is 209 cm³/mol. The first-order valence-corrected chi connectivity index (χ1v) is 19.5.